The SMILES string of the molecule is Cn1c(-c2c(-c3ccccc3)c(-c3ccc(N4c5ccccc5Oc5ccccc54)cc3)c(-c3nc4cccnc4n3C)c(-c3nc4cccnc4n3C)c2-c2ccccc2)nc2cccnc21. The van der Waals surface area contributed by atoms with E-state index in [1.165, 1.54) is 0 Å². The molecule has 0 saturated carbocycles. The van der Waals surface area contributed by atoms with Gasteiger partial charge < -0.3 is 23.3 Å². The summed E-state index contributed by atoms with van der Waals surface area (Å²) in [4.78, 5) is 33.3. The van der Waals surface area contributed by atoms with Gasteiger partial charge in [-0.1, -0.05) is 97.1 Å². The van der Waals surface area contributed by atoms with Gasteiger partial charge in [-0.3, -0.25) is 0 Å². The molecular weight excluding hydrogens is 841 g/mol. The number of rotatable bonds is 7. The minimum absolute atomic E-state index is 0.727. The molecule has 0 radical (unpaired) electrons. The van der Waals surface area contributed by atoms with Crippen LogP contribution in [0.1, 0.15) is 0 Å². The fraction of sp³-hybridized carbons (Fsp3) is 0.0526. The number of hydrogen-bond acceptors (Lipinski definition) is 8. The van der Waals surface area contributed by atoms with E-state index in [0.717, 1.165) is 130 Å². The highest BCUT2D eigenvalue weighted by Crippen LogP contribution is 2.57. The Morgan fingerprint density at radius 3 is 1.10 bits per heavy atom. The number of benzene rings is 6. The third kappa shape index (κ3) is 5.99. The summed E-state index contributed by atoms with van der Waals surface area (Å²) in [6, 6.07) is 58.3. The number of para-hydroxylation sites is 4. The lowest BCUT2D eigenvalue weighted by Crippen LogP contribution is -2.15. The van der Waals surface area contributed by atoms with Crippen molar-refractivity contribution >= 4 is 50.6 Å². The lowest BCUT2D eigenvalue weighted by molar-refractivity contribution is 0.477. The van der Waals surface area contributed by atoms with Gasteiger partial charge in [0.2, 0.25) is 0 Å². The average Bonchev–Trinajstić information content (AvgIpc) is 4.04. The number of pyridine rings is 3. The first-order chi connectivity index (χ1) is 33.5. The van der Waals surface area contributed by atoms with Gasteiger partial charge in [0.25, 0.3) is 0 Å². The Bertz CT molecular complexity index is 3880. The summed E-state index contributed by atoms with van der Waals surface area (Å²) in [7, 11) is 6.15. The molecule has 0 aliphatic carbocycles. The highest BCUT2D eigenvalue weighted by molar-refractivity contribution is 6.14. The highest BCUT2D eigenvalue weighted by atomic mass is 16.5. The highest BCUT2D eigenvalue weighted by Gasteiger charge is 2.35. The van der Waals surface area contributed by atoms with Crippen LogP contribution in [0.2, 0.25) is 0 Å². The van der Waals surface area contributed by atoms with Crippen molar-refractivity contribution in [3.8, 4) is 79.0 Å². The summed E-state index contributed by atoms with van der Waals surface area (Å²) < 4.78 is 12.8. The van der Waals surface area contributed by atoms with Crippen LogP contribution >= 0.6 is 0 Å². The second kappa shape index (κ2) is 15.5. The van der Waals surface area contributed by atoms with E-state index in [9.17, 15) is 0 Å². The molecule has 13 rings (SSSR count). The predicted octanol–water partition coefficient (Wildman–Crippen LogP) is 13.1. The van der Waals surface area contributed by atoms with Crippen LogP contribution in [-0.4, -0.2) is 43.6 Å². The fourth-order valence-electron chi connectivity index (χ4n) is 10.00. The molecular formula is C57H40N10O. The number of aromatic nitrogens is 9. The second-order valence-electron chi connectivity index (χ2n) is 16.9. The summed E-state index contributed by atoms with van der Waals surface area (Å²) >= 11 is 0. The van der Waals surface area contributed by atoms with Crippen LogP contribution in [0.5, 0.6) is 11.5 Å². The van der Waals surface area contributed by atoms with E-state index < -0.39 is 0 Å². The summed E-state index contributed by atoms with van der Waals surface area (Å²) in [5.41, 5.74) is 16.1. The maximum Gasteiger partial charge on any atom is 0.159 e. The van der Waals surface area contributed by atoms with Gasteiger partial charge in [-0.15, -0.1) is 0 Å². The minimum Gasteiger partial charge on any atom is -0.453 e. The van der Waals surface area contributed by atoms with E-state index in [4.69, 9.17) is 34.6 Å². The second-order valence-corrected chi connectivity index (χ2v) is 16.9. The average molecular weight is 881 g/mol. The Kier molecular flexibility index (Phi) is 8.90. The number of hydrogen-bond donors (Lipinski definition) is 0. The van der Waals surface area contributed by atoms with E-state index in [1.54, 1.807) is 0 Å². The van der Waals surface area contributed by atoms with Crippen LogP contribution in [0.3, 0.4) is 0 Å². The number of nitrogens with zero attached hydrogens (tertiary/aromatic N) is 10. The van der Waals surface area contributed by atoms with E-state index in [1.807, 2.05) is 105 Å². The Morgan fingerprint density at radius 1 is 0.338 bits per heavy atom. The lowest BCUT2D eigenvalue weighted by Gasteiger charge is -2.33. The molecule has 68 heavy (non-hydrogen) atoms. The molecule has 0 fully saturated rings. The molecule has 11 heteroatoms. The van der Waals surface area contributed by atoms with Gasteiger partial charge >= 0.3 is 0 Å². The summed E-state index contributed by atoms with van der Waals surface area (Å²) in [5, 5.41) is 0. The van der Waals surface area contributed by atoms with E-state index in [-0.39, 0.29) is 0 Å². The monoisotopic (exact) mass is 880 g/mol. The summed E-state index contributed by atoms with van der Waals surface area (Å²) in [6.07, 6.45) is 5.46. The predicted molar refractivity (Wildman–Crippen MR) is 270 cm³/mol. The number of ether oxygens (including phenoxy) is 1. The van der Waals surface area contributed by atoms with Crippen molar-refractivity contribution in [2.75, 3.05) is 4.90 Å². The Hall–Kier alpha value is -9.22. The van der Waals surface area contributed by atoms with Gasteiger partial charge in [0.1, 0.15) is 34.0 Å². The molecule has 0 atom stereocenters. The van der Waals surface area contributed by atoms with Gasteiger partial charge in [-0.2, -0.15) is 0 Å². The molecule has 0 saturated heterocycles. The summed E-state index contributed by atoms with van der Waals surface area (Å²) in [6.45, 7) is 0. The van der Waals surface area contributed by atoms with Gasteiger partial charge in [-0.25, -0.2) is 29.9 Å². The molecule has 0 amide bonds. The molecule has 0 bridgehead atoms. The van der Waals surface area contributed by atoms with Crippen LogP contribution in [0.4, 0.5) is 17.1 Å². The minimum atomic E-state index is 0.727. The molecule has 6 aromatic heterocycles. The fourth-order valence-corrected chi connectivity index (χ4v) is 10.00. The molecule has 11 nitrogen and oxygen atoms in total. The number of imidazole rings is 3. The topological polar surface area (TPSA) is 105 Å². The first-order valence-electron chi connectivity index (χ1n) is 22.5. The third-order valence-electron chi connectivity index (χ3n) is 13.0. The standard InChI is InChI=1S/C57H40N10O/c1-64-52-39(21-14-32-58-52)61-55(64)49-46(35-17-6-4-7-18-35)47(37-28-30-38(31-29-37)67-42-24-10-12-26-44(42)68-45-27-13-11-25-43(45)67)50(56-62-40-22-15-33-59-53(40)65(56)2)51(48(49)36-19-8-5-9-20-36)57-63-41-23-16-34-60-54(41)66(57)3/h4-34H,1-3H3. The van der Waals surface area contributed by atoms with E-state index in [2.05, 4.69) is 123 Å². The maximum atomic E-state index is 6.43. The van der Waals surface area contributed by atoms with Crippen molar-refractivity contribution in [1.82, 2.24) is 43.6 Å². The van der Waals surface area contributed by atoms with Crippen LogP contribution in [0.15, 0.2) is 188 Å². The molecule has 7 heterocycles. The van der Waals surface area contributed by atoms with Crippen molar-refractivity contribution in [3.63, 3.8) is 0 Å². The zero-order chi connectivity index (χ0) is 45.5. The third-order valence-corrected chi connectivity index (χ3v) is 13.0. The number of aryl methyl sites for hydroxylation is 3. The van der Waals surface area contributed by atoms with Crippen LogP contribution in [0, 0.1) is 0 Å². The van der Waals surface area contributed by atoms with Gasteiger partial charge in [0.15, 0.2) is 28.4 Å². The zero-order valence-electron chi connectivity index (χ0n) is 37.3. The van der Waals surface area contributed by atoms with Crippen molar-refractivity contribution in [1.29, 1.82) is 0 Å². The molecule has 12 aromatic rings. The van der Waals surface area contributed by atoms with Crippen LogP contribution in [-0.2, 0) is 21.1 Å². The molecule has 324 valence electrons. The first kappa shape index (κ1) is 39.2. The normalized spacial score (nSPS) is 12.1. The van der Waals surface area contributed by atoms with Gasteiger partial charge in [-0.05, 0) is 89.5 Å². The number of fused-ring (bicyclic) bond motifs is 5. The van der Waals surface area contributed by atoms with Crippen LogP contribution in [0.25, 0.3) is 101 Å². The summed E-state index contributed by atoms with van der Waals surface area (Å²) in [5.74, 6) is 3.80. The Morgan fingerprint density at radius 2 is 0.691 bits per heavy atom. The zero-order valence-corrected chi connectivity index (χ0v) is 37.3. The van der Waals surface area contributed by atoms with Crippen LogP contribution < -0.4 is 9.64 Å². The van der Waals surface area contributed by atoms with Crippen molar-refractivity contribution in [2.24, 2.45) is 21.1 Å². The Labute approximate surface area is 390 Å². The molecule has 0 spiro atoms. The molecule has 0 N–H and O–H groups in total. The van der Waals surface area contributed by atoms with Gasteiger partial charge in [0, 0.05) is 78.8 Å². The van der Waals surface area contributed by atoms with Crippen molar-refractivity contribution in [3.05, 3.63) is 188 Å². The molecule has 1 aliphatic rings. The maximum absolute atomic E-state index is 6.43. The van der Waals surface area contributed by atoms with Crippen molar-refractivity contribution in [2.45, 2.75) is 0 Å². The quantitative estimate of drug-likeness (QED) is 0.156. The molecule has 0 unspecified atom stereocenters. The van der Waals surface area contributed by atoms with E-state index >= 15 is 0 Å². The largest absolute Gasteiger partial charge is 0.453 e. The van der Waals surface area contributed by atoms with Gasteiger partial charge in [0.05, 0.1) is 11.4 Å². The molecule has 6 aromatic carbocycles. The smallest absolute Gasteiger partial charge is 0.159 e. The number of anilines is 3. The molecule has 1 aliphatic heterocycles. The lowest BCUT2D eigenvalue weighted by atomic mass is 9.78. The van der Waals surface area contributed by atoms with Crippen molar-refractivity contribution < 1.29 is 4.74 Å². The van der Waals surface area contributed by atoms with E-state index in [0.29, 0.717) is 0 Å². The Balaban J connectivity index is 1.23. The first-order valence-corrected chi connectivity index (χ1v) is 22.5.